The van der Waals surface area contributed by atoms with Crippen molar-refractivity contribution in [1.82, 2.24) is 10.2 Å². The lowest BCUT2D eigenvalue weighted by atomic mass is 10.1. The minimum atomic E-state index is 0.237. The molecule has 1 saturated heterocycles. The molecule has 18 heavy (non-hydrogen) atoms. The molecule has 0 radical (unpaired) electrons. The molecule has 1 aromatic carbocycles. The van der Waals surface area contributed by atoms with E-state index >= 15 is 0 Å². The molecule has 2 rings (SSSR count). The second kappa shape index (κ2) is 6.55. The van der Waals surface area contributed by atoms with E-state index < -0.39 is 0 Å². The summed E-state index contributed by atoms with van der Waals surface area (Å²) < 4.78 is 0. The third-order valence-corrected chi connectivity index (χ3v) is 3.55. The van der Waals surface area contributed by atoms with E-state index in [9.17, 15) is 4.79 Å². The number of nitrogens with zero attached hydrogens (tertiary/aromatic N) is 1. The van der Waals surface area contributed by atoms with Gasteiger partial charge in [0.15, 0.2) is 0 Å². The van der Waals surface area contributed by atoms with E-state index in [1.165, 1.54) is 11.1 Å². The second-order valence-corrected chi connectivity index (χ2v) is 4.81. The van der Waals surface area contributed by atoms with Gasteiger partial charge in [0, 0.05) is 19.6 Å². The average molecular weight is 246 g/mol. The summed E-state index contributed by atoms with van der Waals surface area (Å²) in [5.74, 6) is 0.237. The zero-order valence-corrected chi connectivity index (χ0v) is 11.1. The quantitative estimate of drug-likeness (QED) is 0.861. The van der Waals surface area contributed by atoms with E-state index in [0.717, 1.165) is 38.9 Å². The van der Waals surface area contributed by atoms with Crippen LogP contribution >= 0.6 is 0 Å². The number of likely N-dealkylation sites (tertiary alicyclic amines) is 1. The number of hydrogen-bond acceptors (Lipinski definition) is 2. The van der Waals surface area contributed by atoms with Gasteiger partial charge in [0.05, 0.1) is 6.54 Å². The highest BCUT2D eigenvalue weighted by atomic mass is 16.2. The third kappa shape index (κ3) is 3.33. The van der Waals surface area contributed by atoms with Gasteiger partial charge in [-0.25, -0.2) is 0 Å². The summed E-state index contributed by atoms with van der Waals surface area (Å²) in [6.07, 6.45) is 3.35. The van der Waals surface area contributed by atoms with E-state index in [2.05, 4.69) is 36.5 Å². The molecule has 1 aliphatic heterocycles. The molecule has 1 N–H and O–H groups in total. The smallest absolute Gasteiger partial charge is 0.236 e. The highest BCUT2D eigenvalue weighted by Crippen LogP contribution is 2.09. The maximum atomic E-state index is 11.9. The molecule has 3 heteroatoms. The monoisotopic (exact) mass is 246 g/mol. The van der Waals surface area contributed by atoms with Gasteiger partial charge >= 0.3 is 0 Å². The lowest BCUT2D eigenvalue weighted by Gasteiger charge is -2.16. The molecule has 1 amide bonds. The van der Waals surface area contributed by atoms with Gasteiger partial charge in [0.1, 0.15) is 0 Å². The van der Waals surface area contributed by atoms with Crippen LogP contribution in [0.2, 0.25) is 0 Å². The molecule has 0 spiro atoms. The summed E-state index contributed by atoms with van der Waals surface area (Å²) >= 11 is 0. The number of carbonyl (C=O) groups is 1. The third-order valence-electron chi connectivity index (χ3n) is 3.55. The molecule has 0 atom stereocenters. The van der Waals surface area contributed by atoms with Gasteiger partial charge in [-0.2, -0.15) is 0 Å². The Bertz CT molecular complexity index is 397. The molecule has 0 aromatic heterocycles. The lowest BCUT2D eigenvalue weighted by Crippen LogP contribution is -2.36. The number of nitrogens with one attached hydrogen (secondary N) is 1. The van der Waals surface area contributed by atoms with Gasteiger partial charge in [-0.1, -0.05) is 31.2 Å². The number of rotatable bonds is 5. The topological polar surface area (TPSA) is 32.3 Å². The molecule has 1 aliphatic rings. The van der Waals surface area contributed by atoms with E-state index in [0.29, 0.717) is 6.54 Å². The Kier molecular flexibility index (Phi) is 4.76. The molecule has 0 bridgehead atoms. The van der Waals surface area contributed by atoms with Crippen LogP contribution in [0.15, 0.2) is 24.3 Å². The van der Waals surface area contributed by atoms with Gasteiger partial charge in [0.2, 0.25) is 5.91 Å². The summed E-state index contributed by atoms with van der Waals surface area (Å²) in [5.41, 5.74) is 2.66. The Morgan fingerprint density at radius 3 is 2.56 bits per heavy atom. The minimum Gasteiger partial charge on any atom is -0.342 e. The van der Waals surface area contributed by atoms with Crippen molar-refractivity contribution in [3.8, 4) is 0 Å². The first kappa shape index (κ1) is 13.1. The van der Waals surface area contributed by atoms with Crippen LogP contribution in [-0.2, 0) is 17.8 Å². The Morgan fingerprint density at radius 2 is 1.89 bits per heavy atom. The second-order valence-electron chi connectivity index (χ2n) is 4.81. The molecule has 3 nitrogen and oxygen atoms in total. The van der Waals surface area contributed by atoms with E-state index in [1.54, 1.807) is 0 Å². The molecule has 1 heterocycles. The first-order valence-corrected chi connectivity index (χ1v) is 6.86. The van der Waals surface area contributed by atoms with Gasteiger partial charge in [-0.15, -0.1) is 0 Å². The predicted molar refractivity (Wildman–Crippen MR) is 73.3 cm³/mol. The van der Waals surface area contributed by atoms with Crippen molar-refractivity contribution in [2.45, 2.75) is 32.7 Å². The number of carbonyl (C=O) groups excluding carboxylic acids is 1. The SMILES string of the molecule is CCc1ccccc1CNCC(=O)N1CCCC1. The number of amides is 1. The summed E-state index contributed by atoms with van der Waals surface area (Å²) in [6.45, 7) is 5.27. The van der Waals surface area contributed by atoms with Crippen molar-refractivity contribution < 1.29 is 4.79 Å². The number of benzene rings is 1. The fourth-order valence-electron chi connectivity index (χ4n) is 2.46. The summed E-state index contributed by atoms with van der Waals surface area (Å²) in [4.78, 5) is 13.8. The van der Waals surface area contributed by atoms with Crippen molar-refractivity contribution in [3.05, 3.63) is 35.4 Å². The van der Waals surface area contributed by atoms with Crippen molar-refractivity contribution in [2.75, 3.05) is 19.6 Å². The van der Waals surface area contributed by atoms with Crippen molar-refractivity contribution in [2.24, 2.45) is 0 Å². The fourth-order valence-corrected chi connectivity index (χ4v) is 2.46. The lowest BCUT2D eigenvalue weighted by molar-refractivity contribution is -0.129. The molecule has 0 aliphatic carbocycles. The summed E-state index contributed by atoms with van der Waals surface area (Å²) in [7, 11) is 0. The van der Waals surface area contributed by atoms with Crippen LogP contribution in [0, 0.1) is 0 Å². The van der Waals surface area contributed by atoms with E-state index in [4.69, 9.17) is 0 Å². The Hall–Kier alpha value is -1.35. The molecule has 0 unspecified atom stereocenters. The molecule has 1 fully saturated rings. The van der Waals surface area contributed by atoms with Crippen molar-refractivity contribution >= 4 is 5.91 Å². The zero-order valence-electron chi connectivity index (χ0n) is 11.1. The average Bonchev–Trinajstić information content (AvgIpc) is 2.93. The Labute approximate surface area is 109 Å². The minimum absolute atomic E-state index is 0.237. The predicted octanol–water partition coefficient (Wildman–Crippen LogP) is 1.96. The summed E-state index contributed by atoms with van der Waals surface area (Å²) in [6, 6.07) is 8.40. The van der Waals surface area contributed by atoms with Crippen LogP contribution in [0.4, 0.5) is 0 Å². The maximum absolute atomic E-state index is 11.9. The van der Waals surface area contributed by atoms with Crippen molar-refractivity contribution in [3.63, 3.8) is 0 Å². The molecular formula is C15H22N2O. The van der Waals surface area contributed by atoms with Crippen LogP contribution < -0.4 is 5.32 Å². The first-order valence-electron chi connectivity index (χ1n) is 6.86. The molecule has 98 valence electrons. The van der Waals surface area contributed by atoms with Crippen LogP contribution in [0.1, 0.15) is 30.9 Å². The first-order chi connectivity index (χ1) is 8.81. The molecular weight excluding hydrogens is 224 g/mol. The highest BCUT2D eigenvalue weighted by Gasteiger charge is 2.16. The van der Waals surface area contributed by atoms with Gasteiger partial charge in [0.25, 0.3) is 0 Å². The highest BCUT2D eigenvalue weighted by molar-refractivity contribution is 5.78. The molecule has 1 aromatic rings. The van der Waals surface area contributed by atoms with Crippen LogP contribution in [0.3, 0.4) is 0 Å². The number of aryl methyl sites for hydroxylation is 1. The van der Waals surface area contributed by atoms with Gasteiger partial charge in [-0.05, 0) is 30.4 Å². The van der Waals surface area contributed by atoms with E-state index in [1.807, 2.05) is 4.90 Å². The fraction of sp³-hybridized carbons (Fsp3) is 0.533. The Balaban J connectivity index is 1.79. The zero-order chi connectivity index (χ0) is 12.8. The molecule has 0 saturated carbocycles. The Morgan fingerprint density at radius 1 is 1.22 bits per heavy atom. The van der Waals surface area contributed by atoms with Crippen LogP contribution in [-0.4, -0.2) is 30.4 Å². The summed E-state index contributed by atoms with van der Waals surface area (Å²) in [5, 5.41) is 3.26. The largest absolute Gasteiger partial charge is 0.342 e. The van der Waals surface area contributed by atoms with Crippen LogP contribution in [0.25, 0.3) is 0 Å². The normalized spacial score (nSPS) is 15.1. The number of hydrogen-bond donors (Lipinski definition) is 1. The van der Waals surface area contributed by atoms with E-state index in [-0.39, 0.29) is 5.91 Å². The van der Waals surface area contributed by atoms with Crippen LogP contribution in [0.5, 0.6) is 0 Å². The van der Waals surface area contributed by atoms with Crippen molar-refractivity contribution in [1.29, 1.82) is 0 Å². The van der Waals surface area contributed by atoms with Gasteiger partial charge in [-0.3, -0.25) is 4.79 Å². The standard InChI is InChI=1S/C15H22N2O/c1-2-13-7-3-4-8-14(13)11-16-12-15(18)17-9-5-6-10-17/h3-4,7-8,16H,2,5-6,9-12H2,1H3. The maximum Gasteiger partial charge on any atom is 0.236 e. The van der Waals surface area contributed by atoms with Gasteiger partial charge < -0.3 is 10.2 Å².